The van der Waals surface area contributed by atoms with Crippen molar-refractivity contribution in [3.8, 4) is 11.1 Å². The molecule has 1 aliphatic heterocycles. The van der Waals surface area contributed by atoms with Crippen molar-refractivity contribution in [3.63, 3.8) is 0 Å². The third-order valence-corrected chi connectivity index (χ3v) is 10.3. The van der Waals surface area contributed by atoms with Crippen LogP contribution in [0.2, 0.25) is 0 Å². The zero-order chi connectivity index (χ0) is 27.4. The minimum atomic E-state index is 0.108. The van der Waals surface area contributed by atoms with Gasteiger partial charge in [-0.3, -0.25) is 0 Å². The first-order chi connectivity index (χ1) is 19.7. The lowest BCUT2D eigenvalue weighted by Crippen LogP contribution is -2.26. The molecule has 0 saturated carbocycles. The van der Waals surface area contributed by atoms with Crippen molar-refractivity contribution >= 4 is 22.9 Å². The zero-order valence-corrected chi connectivity index (χ0v) is 25.1. The maximum Gasteiger partial charge on any atom is 0.107 e. The standard InChI is InChI=1S/C39H42S/c1-3-5-7-13-23-39(24-14-8-6-4-2)37-18-12-11-17-35(37)36-22-20-30(26-38(36)39)29-19-21-34-32(25-29)28-40-27-31-15-9-10-16-33(31)34/h10-11,15-22,25-26H,3-8,13-14,23-24,27-28H2,1-2H3. The van der Waals surface area contributed by atoms with Gasteiger partial charge in [0.25, 0.3) is 0 Å². The summed E-state index contributed by atoms with van der Waals surface area (Å²) in [7, 11) is 0. The second-order valence-electron chi connectivity index (χ2n) is 11.9. The SMILES string of the molecule is CCCCCCC1(CCCCCC)C2=C(C=C[C+]=C2)c2ccc(-c3ccc4c(c3)CSCC3=C4[CH-]C=C=C3)cc21. The average Bonchev–Trinajstić information content (AvgIpc) is 3.13. The molecule has 204 valence electrons. The van der Waals surface area contributed by atoms with Gasteiger partial charge in [-0.15, -0.1) is 29.7 Å². The van der Waals surface area contributed by atoms with E-state index in [0.717, 1.165) is 11.5 Å². The minimum Gasteiger partial charge on any atom is -0.242 e. The number of allylic oxidation sites excluding steroid dienone is 8. The first-order valence-corrected chi connectivity index (χ1v) is 16.8. The van der Waals surface area contributed by atoms with E-state index in [0.29, 0.717) is 0 Å². The van der Waals surface area contributed by atoms with Gasteiger partial charge in [0.2, 0.25) is 0 Å². The van der Waals surface area contributed by atoms with E-state index < -0.39 is 0 Å². The minimum absolute atomic E-state index is 0.108. The van der Waals surface area contributed by atoms with Gasteiger partial charge in [0.05, 0.1) is 22.6 Å². The Morgan fingerprint density at radius 2 is 1.62 bits per heavy atom. The van der Waals surface area contributed by atoms with E-state index in [4.69, 9.17) is 0 Å². The molecule has 40 heavy (non-hydrogen) atoms. The molecule has 2 aromatic rings. The van der Waals surface area contributed by atoms with Crippen LogP contribution in [0, 0.1) is 12.5 Å². The first-order valence-electron chi connectivity index (χ1n) is 15.6. The summed E-state index contributed by atoms with van der Waals surface area (Å²) in [5.41, 5.74) is 17.7. The molecule has 0 bridgehead atoms. The molecule has 0 unspecified atom stereocenters. The predicted molar refractivity (Wildman–Crippen MR) is 175 cm³/mol. The summed E-state index contributed by atoms with van der Waals surface area (Å²) >= 11 is 2.02. The van der Waals surface area contributed by atoms with Gasteiger partial charge in [-0.1, -0.05) is 107 Å². The van der Waals surface area contributed by atoms with E-state index in [1.807, 2.05) is 11.8 Å². The van der Waals surface area contributed by atoms with Crippen molar-refractivity contribution < 1.29 is 0 Å². The summed E-state index contributed by atoms with van der Waals surface area (Å²) < 4.78 is 0. The third-order valence-electron chi connectivity index (χ3n) is 9.31. The van der Waals surface area contributed by atoms with Gasteiger partial charge in [0.15, 0.2) is 0 Å². The van der Waals surface area contributed by atoms with E-state index >= 15 is 0 Å². The van der Waals surface area contributed by atoms with Gasteiger partial charge in [0.1, 0.15) is 12.2 Å². The fourth-order valence-electron chi connectivity index (χ4n) is 7.21. The third kappa shape index (κ3) is 5.12. The molecule has 1 heterocycles. The van der Waals surface area contributed by atoms with Crippen molar-refractivity contribution in [2.75, 3.05) is 5.75 Å². The van der Waals surface area contributed by atoms with Crippen molar-refractivity contribution in [3.05, 3.63) is 118 Å². The molecule has 0 saturated heterocycles. The van der Waals surface area contributed by atoms with Gasteiger partial charge in [-0.25, -0.2) is 5.73 Å². The summed E-state index contributed by atoms with van der Waals surface area (Å²) in [6.07, 6.45) is 29.7. The van der Waals surface area contributed by atoms with Crippen LogP contribution in [0.5, 0.6) is 0 Å². The van der Waals surface area contributed by atoms with Crippen LogP contribution in [0.4, 0.5) is 0 Å². The molecule has 0 atom stereocenters. The Bertz CT molecular complexity index is 1440. The predicted octanol–water partition coefficient (Wildman–Crippen LogP) is 11.2. The van der Waals surface area contributed by atoms with Crippen LogP contribution < -0.4 is 0 Å². The fourth-order valence-corrected chi connectivity index (χ4v) is 8.22. The average molecular weight is 543 g/mol. The van der Waals surface area contributed by atoms with E-state index in [-0.39, 0.29) is 5.41 Å². The molecule has 0 aromatic heterocycles. The van der Waals surface area contributed by atoms with Crippen LogP contribution in [0.15, 0.2) is 83.7 Å². The normalized spacial score (nSPS) is 17.6. The highest BCUT2D eigenvalue weighted by atomic mass is 32.2. The zero-order valence-electron chi connectivity index (χ0n) is 24.3. The fraction of sp³-hybridized carbons (Fsp3) is 0.385. The van der Waals surface area contributed by atoms with E-state index in [1.165, 1.54) is 114 Å². The van der Waals surface area contributed by atoms with Crippen LogP contribution in [0.3, 0.4) is 0 Å². The smallest absolute Gasteiger partial charge is 0.107 e. The lowest BCUT2D eigenvalue weighted by atomic mass is 9.69. The maximum absolute atomic E-state index is 3.48. The monoisotopic (exact) mass is 542 g/mol. The van der Waals surface area contributed by atoms with Crippen LogP contribution in [-0.2, 0) is 11.2 Å². The molecule has 0 amide bonds. The Balaban J connectivity index is 1.40. The van der Waals surface area contributed by atoms with E-state index in [9.17, 15) is 0 Å². The number of fused-ring (bicyclic) bond motifs is 4. The van der Waals surface area contributed by atoms with Crippen LogP contribution in [0.25, 0.3) is 22.3 Å². The largest absolute Gasteiger partial charge is 0.242 e. The summed E-state index contributed by atoms with van der Waals surface area (Å²) in [4.78, 5) is 0. The van der Waals surface area contributed by atoms with Gasteiger partial charge in [-0.05, 0) is 41.4 Å². The quantitative estimate of drug-likeness (QED) is 0.155. The van der Waals surface area contributed by atoms with Gasteiger partial charge in [0, 0.05) is 17.4 Å². The Morgan fingerprint density at radius 1 is 0.875 bits per heavy atom. The second kappa shape index (κ2) is 12.3. The molecule has 4 aliphatic rings. The van der Waals surface area contributed by atoms with Gasteiger partial charge >= 0.3 is 0 Å². The summed E-state index contributed by atoms with van der Waals surface area (Å²) in [6, 6.07) is 14.6. The maximum atomic E-state index is 3.48. The highest BCUT2D eigenvalue weighted by Crippen LogP contribution is 2.55. The van der Waals surface area contributed by atoms with E-state index in [2.05, 4.69) is 98.9 Å². The summed E-state index contributed by atoms with van der Waals surface area (Å²) in [5.74, 6) is 2.12. The van der Waals surface area contributed by atoms with Crippen molar-refractivity contribution in [1.29, 1.82) is 0 Å². The molecule has 6 rings (SSSR count). The Kier molecular flexibility index (Phi) is 8.36. The lowest BCUT2D eigenvalue weighted by molar-refractivity contribution is 0.398. The number of benzene rings is 2. The highest BCUT2D eigenvalue weighted by Gasteiger charge is 2.48. The second-order valence-corrected chi connectivity index (χ2v) is 12.9. The lowest BCUT2D eigenvalue weighted by Gasteiger charge is -2.31. The Morgan fingerprint density at radius 3 is 2.40 bits per heavy atom. The van der Waals surface area contributed by atoms with Crippen molar-refractivity contribution in [1.82, 2.24) is 0 Å². The van der Waals surface area contributed by atoms with Crippen molar-refractivity contribution in [2.24, 2.45) is 0 Å². The van der Waals surface area contributed by atoms with Crippen LogP contribution >= 0.6 is 11.8 Å². The Hall–Kier alpha value is -2.95. The number of rotatable bonds is 11. The van der Waals surface area contributed by atoms with Gasteiger partial charge in [-0.2, -0.15) is 11.8 Å². The highest BCUT2D eigenvalue weighted by molar-refractivity contribution is 7.98. The number of hydrogen-bond acceptors (Lipinski definition) is 1. The molecular formula is C39H42S. The molecule has 0 N–H and O–H groups in total. The van der Waals surface area contributed by atoms with Crippen LogP contribution in [-0.4, -0.2) is 5.75 Å². The first kappa shape index (κ1) is 27.2. The number of unbranched alkanes of at least 4 members (excludes halogenated alkanes) is 6. The molecule has 0 nitrogen and oxygen atoms in total. The van der Waals surface area contributed by atoms with Crippen LogP contribution in [0.1, 0.15) is 100 Å². The van der Waals surface area contributed by atoms with E-state index in [1.54, 1.807) is 5.56 Å². The molecular weight excluding hydrogens is 500 g/mol. The Labute approximate surface area is 246 Å². The van der Waals surface area contributed by atoms with Gasteiger partial charge < -0.3 is 0 Å². The summed E-state index contributed by atoms with van der Waals surface area (Å²) in [5, 5.41) is 0. The molecule has 3 aliphatic carbocycles. The number of hydrogen-bond donors (Lipinski definition) is 0. The molecule has 0 spiro atoms. The molecule has 0 radical (unpaired) electrons. The topological polar surface area (TPSA) is 0 Å². The number of thioether (sulfide) groups is 1. The molecule has 1 heteroatoms. The van der Waals surface area contributed by atoms with Crippen molar-refractivity contribution in [2.45, 2.75) is 89.2 Å². The summed E-state index contributed by atoms with van der Waals surface area (Å²) in [6.45, 7) is 4.63. The molecule has 0 fully saturated rings. The molecule has 2 aromatic carbocycles.